The van der Waals surface area contributed by atoms with E-state index in [2.05, 4.69) is 24.1 Å². The highest BCUT2D eigenvalue weighted by atomic mass is 16.1. The molecule has 0 heterocycles. The second kappa shape index (κ2) is 24.7. The monoisotopic (exact) mass is 425 g/mol. The van der Waals surface area contributed by atoms with E-state index < -0.39 is 0 Å². The lowest BCUT2D eigenvalue weighted by Gasteiger charge is -2.22. The summed E-state index contributed by atoms with van der Waals surface area (Å²) in [5.41, 5.74) is 5.50. The van der Waals surface area contributed by atoms with Crippen LogP contribution in [0.4, 0.5) is 0 Å². The molecule has 1 amide bonds. The second-order valence-electron chi connectivity index (χ2n) is 9.03. The van der Waals surface area contributed by atoms with Gasteiger partial charge < -0.3 is 16.0 Å². The summed E-state index contributed by atoms with van der Waals surface area (Å²) >= 11 is 0. The summed E-state index contributed by atoms with van der Waals surface area (Å²) in [5, 5.41) is 2.99. The van der Waals surface area contributed by atoms with Crippen LogP contribution >= 0.6 is 0 Å². The average Bonchev–Trinajstić information content (AvgIpc) is 2.75. The molecular formula is C26H55N3O. The summed E-state index contributed by atoms with van der Waals surface area (Å²) in [6.45, 7) is 9.12. The van der Waals surface area contributed by atoms with Crippen molar-refractivity contribution in [3.8, 4) is 0 Å². The zero-order valence-electron chi connectivity index (χ0n) is 20.7. The van der Waals surface area contributed by atoms with E-state index in [4.69, 9.17) is 5.73 Å². The quantitative estimate of drug-likeness (QED) is 0.175. The van der Waals surface area contributed by atoms with Crippen molar-refractivity contribution in [2.45, 2.75) is 129 Å². The molecule has 0 aromatic heterocycles. The van der Waals surface area contributed by atoms with Gasteiger partial charge in [-0.25, -0.2) is 0 Å². The van der Waals surface area contributed by atoms with Gasteiger partial charge in [0.15, 0.2) is 0 Å². The van der Waals surface area contributed by atoms with E-state index in [0.717, 1.165) is 26.1 Å². The predicted molar refractivity (Wildman–Crippen MR) is 133 cm³/mol. The van der Waals surface area contributed by atoms with Gasteiger partial charge in [0, 0.05) is 19.5 Å². The van der Waals surface area contributed by atoms with Gasteiger partial charge in [0.1, 0.15) is 0 Å². The minimum atomic E-state index is 0.181. The van der Waals surface area contributed by atoms with Gasteiger partial charge >= 0.3 is 0 Å². The lowest BCUT2D eigenvalue weighted by Crippen LogP contribution is -2.33. The Morgan fingerprint density at radius 1 is 0.633 bits per heavy atom. The van der Waals surface area contributed by atoms with Crippen molar-refractivity contribution < 1.29 is 4.79 Å². The van der Waals surface area contributed by atoms with Gasteiger partial charge in [-0.2, -0.15) is 0 Å². The van der Waals surface area contributed by atoms with E-state index in [-0.39, 0.29) is 5.91 Å². The van der Waals surface area contributed by atoms with E-state index in [1.165, 1.54) is 103 Å². The van der Waals surface area contributed by atoms with Crippen molar-refractivity contribution >= 4 is 5.91 Å². The minimum Gasteiger partial charge on any atom is -0.356 e. The number of rotatable bonds is 24. The van der Waals surface area contributed by atoms with Gasteiger partial charge in [-0.05, 0) is 38.9 Å². The molecule has 30 heavy (non-hydrogen) atoms. The Kier molecular flexibility index (Phi) is 24.2. The molecule has 0 unspecified atom stereocenters. The van der Waals surface area contributed by atoms with Crippen molar-refractivity contribution in [3.05, 3.63) is 0 Å². The molecule has 0 fully saturated rings. The zero-order valence-corrected chi connectivity index (χ0v) is 20.7. The number of carbonyl (C=O) groups is 1. The lowest BCUT2D eigenvalue weighted by atomic mass is 10.1. The Morgan fingerprint density at radius 2 is 1.07 bits per heavy atom. The summed E-state index contributed by atoms with van der Waals surface area (Å²) in [4.78, 5) is 14.6. The highest BCUT2D eigenvalue weighted by molar-refractivity contribution is 5.75. The number of unbranched alkanes of at least 4 members (excludes halogenated alkanes) is 14. The van der Waals surface area contributed by atoms with Crippen LogP contribution in [0.1, 0.15) is 129 Å². The van der Waals surface area contributed by atoms with Gasteiger partial charge in [0.25, 0.3) is 0 Å². The number of hydrogen-bond donors (Lipinski definition) is 2. The standard InChI is InChI=1S/C26H55N3O/c1-3-5-7-9-11-13-15-17-23-29(25-20-26(30)28-22-19-21-27)24-18-16-14-12-10-8-6-4-2/h3-25,27H2,1-2H3,(H,28,30). The SMILES string of the molecule is CCCCCCCCCCN(CCCCCCCCCC)CCC(=O)NCCCN. The van der Waals surface area contributed by atoms with E-state index in [1.807, 2.05) is 0 Å². The average molecular weight is 426 g/mol. The van der Waals surface area contributed by atoms with Crippen molar-refractivity contribution in [3.63, 3.8) is 0 Å². The van der Waals surface area contributed by atoms with Crippen LogP contribution in [-0.4, -0.2) is 43.5 Å². The van der Waals surface area contributed by atoms with Crippen LogP contribution in [0.15, 0.2) is 0 Å². The first-order chi connectivity index (χ1) is 14.7. The molecule has 0 radical (unpaired) electrons. The third kappa shape index (κ3) is 22.1. The van der Waals surface area contributed by atoms with E-state index in [9.17, 15) is 4.79 Å². The number of amides is 1. The Morgan fingerprint density at radius 3 is 1.50 bits per heavy atom. The summed E-state index contributed by atoms with van der Waals surface area (Å²) in [6.07, 6.45) is 23.3. The Hall–Kier alpha value is -0.610. The van der Waals surface area contributed by atoms with E-state index >= 15 is 0 Å². The van der Waals surface area contributed by atoms with Crippen LogP contribution in [0.5, 0.6) is 0 Å². The van der Waals surface area contributed by atoms with Crippen LogP contribution in [0.25, 0.3) is 0 Å². The molecule has 0 aliphatic rings. The normalized spacial score (nSPS) is 11.3. The highest BCUT2D eigenvalue weighted by Gasteiger charge is 2.08. The topological polar surface area (TPSA) is 58.4 Å². The Bertz CT molecular complexity index is 329. The zero-order chi connectivity index (χ0) is 22.1. The molecule has 0 spiro atoms. The molecule has 4 heteroatoms. The van der Waals surface area contributed by atoms with Gasteiger partial charge in [0.05, 0.1) is 0 Å². The fraction of sp³-hybridized carbons (Fsp3) is 0.962. The van der Waals surface area contributed by atoms with Gasteiger partial charge in [0.2, 0.25) is 5.91 Å². The molecule has 0 aliphatic heterocycles. The maximum Gasteiger partial charge on any atom is 0.221 e. The number of carbonyl (C=O) groups excluding carboxylic acids is 1. The van der Waals surface area contributed by atoms with Gasteiger partial charge in [-0.1, -0.05) is 104 Å². The molecule has 0 rings (SSSR count). The summed E-state index contributed by atoms with van der Waals surface area (Å²) < 4.78 is 0. The third-order valence-corrected chi connectivity index (χ3v) is 6.01. The maximum absolute atomic E-state index is 12.0. The lowest BCUT2D eigenvalue weighted by molar-refractivity contribution is -0.121. The van der Waals surface area contributed by atoms with E-state index in [0.29, 0.717) is 19.5 Å². The second-order valence-corrected chi connectivity index (χ2v) is 9.03. The smallest absolute Gasteiger partial charge is 0.221 e. The van der Waals surface area contributed by atoms with Crippen molar-refractivity contribution in [2.24, 2.45) is 5.73 Å². The summed E-state index contributed by atoms with van der Waals surface area (Å²) in [5.74, 6) is 0.181. The fourth-order valence-electron chi connectivity index (χ4n) is 3.95. The molecule has 4 nitrogen and oxygen atoms in total. The number of hydrogen-bond acceptors (Lipinski definition) is 3. The molecule has 0 aromatic rings. The number of nitrogens with one attached hydrogen (secondary N) is 1. The predicted octanol–water partition coefficient (Wildman–Crippen LogP) is 6.42. The molecule has 0 aromatic carbocycles. The van der Waals surface area contributed by atoms with Crippen LogP contribution < -0.4 is 11.1 Å². The van der Waals surface area contributed by atoms with Crippen LogP contribution in [-0.2, 0) is 4.79 Å². The van der Waals surface area contributed by atoms with Crippen LogP contribution in [0.2, 0.25) is 0 Å². The number of nitrogens with two attached hydrogens (primary N) is 1. The molecule has 0 saturated heterocycles. The fourth-order valence-corrected chi connectivity index (χ4v) is 3.95. The van der Waals surface area contributed by atoms with Crippen molar-refractivity contribution in [1.82, 2.24) is 10.2 Å². The minimum absolute atomic E-state index is 0.181. The van der Waals surface area contributed by atoms with Crippen molar-refractivity contribution in [2.75, 3.05) is 32.7 Å². The molecule has 3 N–H and O–H groups in total. The largest absolute Gasteiger partial charge is 0.356 e. The molecular weight excluding hydrogens is 370 g/mol. The first-order valence-corrected chi connectivity index (χ1v) is 13.4. The summed E-state index contributed by atoms with van der Waals surface area (Å²) in [6, 6.07) is 0. The third-order valence-electron chi connectivity index (χ3n) is 6.01. The van der Waals surface area contributed by atoms with Crippen LogP contribution in [0.3, 0.4) is 0 Å². The first kappa shape index (κ1) is 29.4. The van der Waals surface area contributed by atoms with Crippen LogP contribution in [0, 0.1) is 0 Å². The van der Waals surface area contributed by atoms with E-state index in [1.54, 1.807) is 0 Å². The molecule has 180 valence electrons. The summed E-state index contributed by atoms with van der Waals surface area (Å²) in [7, 11) is 0. The number of nitrogens with zero attached hydrogens (tertiary/aromatic N) is 1. The molecule has 0 atom stereocenters. The molecule has 0 bridgehead atoms. The Balaban J connectivity index is 3.96. The van der Waals surface area contributed by atoms with Gasteiger partial charge in [-0.15, -0.1) is 0 Å². The van der Waals surface area contributed by atoms with Gasteiger partial charge in [-0.3, -0.25) is 4.79 Å². The molecule has 0 aliphatic carbocycles. The highest BCUT2D eigenvalue weighted by Crippen LogP contribution is 2.11. The first-order valence-electron chi connectivity index (χ1n) is 13.4. The van der Waals surface area contributed by atoms with Crippen molar-refractivity contribution in [1.29, 1.82) is 0 Å². The maximum atomic E-state index is 12.0. The Labute approximate surface area is 189 Å². The molecule has 0 saturated carbocycles.